The van der Waals surface area contributed by atoms with Gasteiger partial charge in [0.15, 0.2) is 9.84 Å². The molecule has 0 bridgehead atoms. The maximum Gasteiger partial charge on any atom is 0.249 e. The molecule has 1 amide bonds. The van der Waals surface area contributed by atoms with E-state index in [1.54, 1.807) is 32.4 Å². The first-order valence-corrected chi connectivity index (χ1v) is 21.4. The van der Waals surface area contributed by atoms with Crippen molar-refractivity contribution in [1.82, 2.24) is 25.5 Å². The van der Waals surface area contributed by atoms with Gasteiger partial charge < -0.3 is 14.5 Å². The van der Waals surface area contributed by atoms with Gasteiger partial charge in [0.05, 0.1) is 29.6 Å². The van der Waals surface area contributed by atoms with Crippen LogP contribution in [0.5, 0.6) is 5.88 Å². The summed E-state index contributed by atoms with van der Waals surface area (Å²) in [7, 11) is -2.61. The molecule has 53 heavy (non-hydrogen) atoms. The number of nitrogens with zero attached hydrogens (tertiary/aromatic N) is 4. The highest BCUT2D eigenvalue weighted by Gasteiger charge is 2.54. The van der Waals surface area contributed by atoms with E-state index >= 15 is 0 Å². The van der Waals surface area contributed by atoms with E-state index in [0.717, 1.165) is 40.7 Å². The summed E-state index contributed by atoms with van der Waals surface area (Å²) in [5, 5.41) is 11.0. The minimum absolute atomic E-state index is 0.0979. The number of methoxy groups -OCH3 is 1. The first-order chi connectivity index (χ1) is 25.7. The number of sulfone groups is 1. The molecular formula is C41H53N5O5S2. The van der Waals surface area contributed by atoms with E-state index < -0.39 is 20.5 Å². The van der Waals surface area contributed by atoms with E-state index in [1.807, 2.05) is 49.4 Å². The second kappa shape index (κ2) is 19.3. The van der Waals surface area contributed by atoms with Crippen LogP contribution in [0.15, 0.2) is 65.2 Å². The van der Waals surface area contributed by atoms with E-state index in [1.165, 1.54) is 62.7 Å². The third-order valence-electron chi connectivity index (χ3n) is 9.78. The van der Waals surface area contributed by atoms with Gasteiger partial charge in [-0.05, 0) is 48.2 Å². The average molecular weight is 760 g/mol. The fourth-order valence-corrected chi connectivity index (χ4v) is 10.4. The Balaban J connectivity index is 1.46. The van der Waals surface area contributed by atoms with Crippen LogP contribution in [0.25, 0.3) is 21.3 Å². The predicted molar refractivity (Wildman–Crippen MR) is 211 cm³/mol. The van der Waals surface area contributed by atoms with Crippen molar-refractivity contribution in [2.45, 2.75) is 121 Å². The van der Waals surface area contributed by atoms with Gasteiger partial charge in [-0.3, -0.25) is 4.79 Å². The maximum atomic E-state index is 14.9. The molecule has 0 saturated carbocycles. The summed E-state index contributed by atoms with van der Waals surface area (Å²) in [6.45, 7) is 5.80. The standard InChI is InChI=1S/C41H53N5O5S2/c1-5-6-7-8-9-10-11-12-13-14-15-19-24-41(39(47)43-28-38-46-45-31(3)51-38,53(48,49)29-32-20-17-16-18-21-32)40-44-35-25-30(2)34(26-36(35)52-40)33-22-23-37(50-4)42-27-33/h16-18,20-23,25-27H,5-15,19,24,28-29H2,1-4H3,(H,43,47). The van der Waals surface area contributed by atoms with Crippen molar-refractivity contribution in [1.29, 1.82) is 0 Å². The second-order valence-electron chi connectivity index (χ2n) is 13.9. The Morgan fingerprint density at radius 3 is 2.17 bits per heavy atom. The van der Waals surface area contributed by atoms with Crippen molar-refractivity contribution in [3.63, 3.8) is 0 Å². The lowest BCUT2D eigenvalue weighted by Crippen LogP contribution is -2.50. The Bertz CT molecular complexity index is 2010. The molecule has 0 aliphatic carbocycles. The van der Waals surface area contributed by atoms with E-state index in [-0.39, 0.29) is 29.6 Å². The fourth-order valence-electron chi connectivity index (χ4n) is 6.81. The monoisotopic (exact) mass is 759 g/mol. The van der Waals surface area contributed by atoms with Gasteiger partial charge in [0.25, 0.3) is 0 Å². The van der Waals surface area contributed by atoms with Gasteiger partial charge in [0.2, 0.25) is 28.3 Å². The largest absolute Gasteiger partial charge is 0.481 e. The number of benzene rings is 2. The summed E-state index contributed by atoms with van der Waals surface area (Å²) in [5.74, 6) is 0.131. The van der Waals surface area contributed by atoms with Gasteiger partial charge in [0.1, 0.15) is 5.01 Å². The van der Waals surface area contributed by atoms with Crippen molar-refractivity contribution in [3.8, 4) is 17.0 Å². The molecule has 0 aliphatic rings. The number of hydrogen-bond donors (Lipinski definition) is 1. The smallest absolute Gasteiger partial charge is 0.249 e. The maximum absolute atomic E-state index is 14.9. The molecule has 0 aliphatic heterocycles. The number of carbonyl (C=O) groups is 1. The third kappa shape index (κ3) is 10.3. The molecular weight excluding hydrogens is 707 g/mol. The van der Waals surface area contributed by atoms with E-state index in [2.05, 4.69) is 27.4 Å². The lowest BCUT2D eigenvalue weighted by Gasteiger charge is -2.30. The molecule has 10 nitrogen and oxygen atoms in total. The zero-order valence-electron chi connectivity index (χ0n) is 31.5. The normalized spacial score (nSPS) is 12.9. The van der Waals surface area contributed by atoms with Crippen LogP contribution in [0.1, 0.15) is 118 Å². The number of carbonyl (C=O) groups excluding carboxylic acids is 1. The first-order valence-electron chi connectivity index (χ1n) is 18.9. The van der Waals surface area contributed by atoms with Crippen molar-refractivity contribution >= 4 is 37.3 Å². The molecule has 0 spiro atoms. The van der Waals surface area contributed by atoms with Gasteiger partial charge in [-0.2, -0.15) is 0 Å². The summed E-state index contributed by atoms with van der Waals surface area (Å²) in [5.41, 5.74) is 4.04. The minimum Gasteiger partial charge on any atom is -0.481 e. The van der Waals surface area contributed by atoms with Gasteiger partial charge in [-0.1, -0.05) is 114 Å². The van der Waals surface area contributed by atoms with Crippen LogP contribution in [0.2, 0.25) is 0 Å². The number of fused-ring (bicyclic) bond motifs is 1. The molecule has 2 aromatic carbocycles. The SMILES string of the molecule is CCCCCCCCCCCCCCC(C(=O)NCc1nnc(C)o1)(c1nc2cc(C)c(-c3ccc(OC)nc3)cc2s1)S(=O)(=O)Cc1ccccc1. The van der Waals surface area contributed by atoms with Crippen LogP contribution < -0.4 is 10.1 Å². The van der Waals surface area contributed by atoms with Crippen molar-refractivity contribution in [3.05, 3.63) is 88.7 Å². The predicted octanol–water partition coefficient (Wildman–Crippen LogP) is 9.58. The van der Waals surface area contributed by atoms with Gasteiger partial charge in [-0.15, -0.1) is 21.5 Å². The molecule has 3 heterocycles. The molecule has 12 heteroatoms. The number of ether oxygens (including phenoxy) is 1. The molecule has 1 N–H and O–H groups in total. The number of aryl methyl sites for hydroxylation is 2. The summed E-state index contributed by atoms with van der Waals surface area (Å²) in [6, 6.07) is 16.7. The van der Waals surface area contributed by atoms with Crippen LogP contribution in [0.3, 0.4) is 0 Å². The molecule has 1 atom stereocenters. The quantitative estimate of drug-likeness (QED) is 0.0684. The van der Waals surface area contributed by atoms with E-state index in [4.69, 9.17) is 14.1 Å². The highest BCUT2D eigenvalue weighted by atomic mass is 32.2. The highest BCUT2D eigenvalue weighted by Crippen LogP contribution is 2.43. The zero-order chi connectivity index (χ0) is 37.7. The van der Waals surface area contributed by atoms with Gasteiger partial charge >= 0.3 is 0 Å². The molecule has 5 aromatic rings. The number of unbranched alkanes of at least 4 members (excludes halogenated alkanes) is 11. The van der Waals surface area contributed by atoms with Gasteiger partial charge in [0, 0.05) is 24.8 Å². The molecule has 5 rings (SSSR count). The van der Waals surface area contributed by atoms with Crippen LogP contribution in [0, 0.1) is 13.8 Å². The fraction of sp³-hybridized carbons (Fsp3) is 0.488. The minimum atomic E-state index is -4.19. The second-order valence-corrected chi connectivity index (χ2v) is 17.1. The first kappa shape index (κ1) is 40.0. The Labute approximate surface area is 318 Å². The number of amides is 1. The van der Waals surface area contributed by atoms with Crippen molar-refractivity contribution < 1.29 is 22.4 Å². The van der Waals surface area contributed by atoms with Gasteiger partial charge in [-0.25, -0.2) is 18.4 Å². The van der Waals surface area contributed by atoms with Crippen LogP contribution in [-0.4, -0.2) is 41.6 Å². The number of thiazole rings is 1. The lowest BCUT2D eigenvalue weighted by atomic mass is 9.98. The molecule has 284 valence electrons. The Kier molecular flexibility index (Phi) is 14.5. The third-order valence-corrected chi connectivity index (χ3v) is 13.5. The van der Waals surface area contributed by atoms with E-state index in [9.17, 15) is 13.2 Å². The van der Waals surface area contributed by atoms with Crippen molar-refractivity contribution in [2.75, 3.05) is 7.11 Å². The Morgan fingerprint density at radius 2 is 1.57 bits per heavy atom. The topological polar surface area (TPSA) is 137 Å². The summed E-state index contributed by atoms with van der Waals surface area (Å²) in [6.07, 6.45) is 15.4. The van der Waals surface area contributed by atoms with Crippen LogP contribution >= 0.6 is 11.3 Å². The Morgan fingerprint density at radius 1 is 0.887 bits per heavy atom. The van der Waals surface area contributed by atoms with E-state index in [0.29, 0.717) is 29.3 Å². The Hall–Kier alpha value is -4.16. The number of rotatable bonds is 22. The summed E-state index contributed by atoms with van der Waals surface area (Å²) < 4.78 is 39.5. The van der Waals surface area contributed by atoms with Crippen LogP contribution in [-0.2, 0) is 31.7 Å². The number of hydrogen-bond acceptors (Lipinski definition) is 10. The highest BCUT2D eigenvalue weighted by molar-refractivity contribution is 7.92. The molecule has 0 saturated heterocycles. The summed E-state index contributed by atoms with van der Waals surface area (Å²) in [4.78, 5) is 24.0. The lowest BCUT2D eigenvalue weighted by molar-refractivity contribution is -0.124. The molecule has 0 radical (unpaired) electrons. The molecule has 1 unspecified atom stereocenters. The zero-order valence-corrected chi connectivity index (χ0v) is 33.2. The number of aromatic nitrogens is 4. The van der Waals surface area contributed by atoms with Crippen molar-refractivity contribution in [2.24, 2.45) is 0 Å². The molecule has 3 aromatic heterocycles. The molecule has 0 fully saturated rings. The number of pyridine rings is 1. The van der Waals surface area contributed by atoms with Crippen LogP contribution in [0.4, 0.5) is 0 Å². The summed E-state index contributed by atoms with van der Waals surface area (Å²) >= 11 is 1.26. The number of nitrogens with one attached hydrogen (secondary N) is 1. The average Bonchev–Trinajstić information content (AvgIpc) is 3.77.